The number of nitrogens with two attached hydrogens (primary N) is 1. The molecule has 1 aromatic heterocycles. The zero-order valence-corrected chi connectivity index (χ0v) is 24.7. The molecule has 15 heteroatoms. The first-order chi connectivity index (χ1) is 19.3. The number of thiocarbonyl (C=S) groups is 1. The van der Waals surface area contributed by atoms with Gasteiger partial charge in [0, 0.05) is 66.9 Å². The molecule has 228 valence electrons. The van der Waals surface area contributed by atoms with Crippen molar-refractivity contribution in [3.05, 3.63) is 59.8 Å². The molecule has 0 radical (unpaired) electrons. The van der Waals surface area contributed by atoms with Gasteiger partial charge in [0.1, 0.15) is 11.2 Å². The number of aromatic nitrogens is 1. The fourth-order valence-corrected chi connectivity index (χ4v) is 6.60. The molecule has 0 unspecified atom stereocenters. The van der Waals surface area contributed by atoms with E-state index >= 15 is 0 Å². The van der Waals surface area contributed by atoms with E-state index in [-0.39, 0.29) is 74.8 Å². The van der Waals surface area contributed by atoms with Crippen molar-refractivity contribution >= 4 is 56.4 Å². The van der Waals surface area contributed by atoms with E-state index in [1.165, 1.54) is 0 Å². The predicted octanol–water partition coefficient (Wildman–Crippen LogP) is 4.17. The molecule has 0 aliphatic carbocycles. The third kappa shape index (κ3) is 6.42. The van der Waals surface area contributed by atoms with Crippen LogP contribution in [0.1, 0.15) is 36.4 Å². The van der Waals surface area contributed by atoms with Crippen LogP contribution >= 0.6 is 24.6 Å². The molecule has 5 rings (SSSR count). The highest BCUT2D eigenvalue weighted by molar-refractivity contribution is 7.90. The number of halogens is 5. The molecular weight excluding hydrogens is 618 g/mol. The van der Waals surface area contributed by atoms with Crippen LogP contribution in [-0.4, -0.2) is 65.5 Å². The van der Waals surface area contributed by atoms with Gasteiger partial charge in [-0.1, -0.05) is 42.5 Å². The molecule has 2 fully saturated rings. The average Bonchev–Trinajstić information content (AvgIpc) is 3.55. The lowest BCUT2D eigenvalue weighted by atomic mass is 10.0. The topological polar surface area (TPSA) is 109 Å². The van der Waals surface area contributed by atoms with Gasteiger partial charge in [-0.05, 0) is 36.1 Å². The lowest BCUT2D eigenvalue weighted by Gasteiger charge is -2.32. The quantitative estimate of drug-likeness (QED) is 0.263. The number of carbonyl (C=O) groups is 1. The van der Waals surface area contributed by atoms with E-state index in [1.54, 1.807) is 6.07 Å². The van der Waals surface area contributed by atoms with Crippen LogP contribution in [0.3, 0.4) is 0 Å². The van der Waals surface area contributed by atoms with Crippen molar-refractivity contribution in [2.24, 2.45) is 5.73 Å². The van der Waals surface area contributed by atoms with Gasteiger partial charge in [0.15, 0.2) is 0 Å². The molecule has 2 saturated heterocycles. The number of nitrogens with zero attached hydrogens (tertiary/aromatic N) is 2. The van der Waals surface area contributed by atoms with Gasteiger partial charge in [0.25, 0.3) is 0 Å². The number of rotatable bonds is 7. The Morgan fingerprint density at radius 2 is 1.86 bits per heavy atom. The molecule has 3 aromatic rings. The smallest absolute Gasteiger partial charge is 0.389 e. The maximum atomic E-state index is 13.5. The fourth-order valence-electron chi connectivity index (χ4n) is 5.49. The van der Waals surface area contributed by atoms with E-state index in [1.807, 2.05) is 47.2 Å². The van der Waals surface area contributed by atoms with Crippen LogP contribution in [0.25, 0.3) is 22.0 Å². The number of nitrogens with one attached hydrogen (secondary N) is 2. The molecule has 8 nitrogen and oxygen atoms in total. The predicted molar refractivity (Wildman–Crippen MR) is 158 cm³/mol. The highest BCUT2D eigenvalue weighted by Crippen LogP contribution is 2.38. The summed E-state index contributed by atoms with van der Waals surface area (Å²) in [6.07, 6.45) is 1.33. The van der Waals surface area contributed by atoms with Gasteiger partial charge >= 0.3 is 15.5 Å². The van der Waals surface area contributed by atoms with Gasteiger partial charge in [0.2, 0.25) is 5.91 Å². The van der Waals surface area contributed by atoms with E-state index in [9.17, 15) is 30.8 Å². The zero-order valence-electron chi connectivity index (χ0n) is 22.2. The first-order valence-electron chi connectivity index (χ1n) is 13.1. The number of sulfonamides is 1. The monoisotopic (exact) mass is 647 g/mol. The molecule has 1 amide bonds. The number of hydrogen-bond acceptors (Lipinski definition) is 5. The van der Waals surface area contributed by atoms with Crippen molar-refractivity contribution in [1.29, 1.82) is 0 Å². The highest BCUT2D eigenvalue weighted by Gasteiger charge is 2.50. The fraction of sp³-hybridized carbons (Fsp3) is 0.407. The number of piperidine rings is 1. The summed E-state index contributed by atoms with van der Waals surface area (Å²) in [5.41, 5.74) is 4.42. The van der Waals surface area contributed by atoms with Gasteiger partial charge in [-0.2, -0.15) is 17.5 Å². The molecule has 0 saturated carbocycles. The maximum absolute atomic E-state index is 13.5. The Hall–Kier alpha value is -2.78. The second-order valence-corrected chi connectivity index (χ2v) is 12.7. The van der Waals surface area contributed by atoms with Gasteiger partial charge in [0.05, 0.1) is 6.04 Å². The summed E-state index contributed by atoms with van der Waals surface area (Å²) in [4.78, 5) is 12.7. The summed E-state index contributed by atoms with van der Waals surface area (Å²) in [6.45, 7) is -0.195. The van der Waals surface area contributed by atoms with E-state index in [4.69, 9.17) is 18.0 Å². The Balaban J connectivity index is 0.00000405. The molecule has 2 atom stereocenters. The van der Waals surface area contributed by atoms with Crippen LogP contribution in [0.4, 0.5) is 17.6 Å². The number of carbonyl (C=O) groups excluding carboxylic acids is 1. The van der Waals surface area contributed by atoms with Crippen molar-refractivity contribution in [3.8, 4) is 11.1 Å². The molecule has 0 bridgehead atoms. The van der Waals surface area contributed by atoms with Crippen LogP contribution in [0.15, 0.2) is 48.7 Å². The Kier molecular flexibility index (Phi) is 9.53. The number of amides is 1. The summed E-state index contributed by atoms with van der Waals surface area (Å²) in [5.74, 6) is -0.297. The van der Waals surface area contributed by atoms with Gasteiger partial charge < -0.3 is 20.9 Å². The van der Waals surface area contributed by atoms with Crippen molar-refractivity contribution in [3.63, 3.8) is 0 Å². The SMILES string of the molecule is Cl.NC(=S)c1cccc(-c2cn(C3CCN(S(=O)(=O)C(F)(F)F)CC3)c3cc(CNC(=O)[C@@H]4C[C@H](F)CN4)ccc23)c1. The van der Waals surface area contributed by atoms with Crippen LogP contribution in [0, 0.1) is 0 Å². The summed E-state index contributed by atoms with van der Waals surface area (Å²) in [7, 11) is -5.40. The Bertz CT molecular complexity index is 1590. The van der Waals surface area contributed by atoms with Crippen LogP contribution < -0.4 is 16.4 Å². The highest BCUT2D eigenvalue weighted by atomic mass is 35.5. The number of alkyl halides is 4. The molecule has 2 aliphatic rings. The van der Waals surface area contributed by atoms with Gasteiger partial charge in [-0.15, -0.1) is 12.4 Å². The van der Waals surface area contributed by atoms with E-state index in [2.05, 4.69) is 10.6 Å². The van der Waals surface area contributed by atoms with Crippen molar-refractivity contribution < 1.29 is 30.8 Å². The minimum absolute atomic E-state index is 0. The van der Waals surface area contributed by atoms with Crippen LogP contribution in [0.5, 0.6) is 0 Å². The first kappa shape index (κ1) is 32.1. The molecule has 3 heterocycles. The second-order valence-electron chi connectivity index (χ2n) is 10.3. The normalized spacial score (nSPS) is 20.4. The number of fused-ring (bicyclic) bond motifs is 1. The minimum Gasteiger partial charge on any atom is -0.389 e. The number of benzene rings is 2. The molecule has 0 spiro atoms. The molecule has 4 N–H and O–H groups in total. The first-order valence-corrected chi connectivity index (χ1v) is 15.0. The lowest BCUT2D eigenvalue weighted by molar-refractivity contribution is -0.123. The summed E-state index contributed by atoms with van der Waals surface area (Å²) in [6, 6.07) is 12.2. The molecular formula is C27H30ClF4N5O3S2. The van der Waals surface area contributed by atoms with Gasteiger partial charge in [-0.3, -0.25) is 4.79 Å². The molecule has 2 aromatic carbocycles. The van der Waals surface area contributed by atoms with E-state index < -0.39 is 27.7 Å². The summed E-state index contributed by atoms with van der Waals surface area (Å²) < 4.78 is 79.2. The summed E-state index contributed by atoms with van der Waals surface area (Å²) >= 11 is 5.13. The minimum atomic E-state index is -5.40. The van der Waals surface area contributed by atoms with E-state index in [0.717, 1.165) is 27.6 Å². The van der Waals surface area contributed by atoms with Crippen LogP contribution in [-0.2, 0) is 21.4 Å². The third-order valence-corrected chi connectivity index (χ3v) is 9.53. The largest absolute Gasteiger partial charge is 0.511 e. The van der Waals surface area contributed by atoms with Crippen molar-refractivity contribution in [2.75, 3.05) is 19.6 Å². The molecule has 42 heavy (non-hydrogen) atoms. The third-order valence-electron chi connectivity index (χ3n) is 7.67. The van der Waals surface area contributed by atoms with E-state index in [0.29, 0.717) is 9.87 Å². The average molecular weight is 648 g/mol. The second kappa shape index (κ2) is 12.4. The maximum Gasteiger partial charge on any atom is 0.511 e. The number of hydrogen-bond donors (Lipinski definition) is 3. The van der Waals surface area contributed by atoms with Crippen molar-refractivity contribution in [1.82, 2.24) is 19.5 Å². The zero-order chi connectivity index (χ0) is 29.5. The summed E-state index contributed by atoms with van der Waals surface area (Å²) in [5, 5.41) is 6.55. The van der Waals surface area contributed by atoms with Crippen LogP contribution in [0.2, 0.25) is 0 Å². The Morgan fingerprint density at radius 3 is 2.48 bits per heavy atom. The standard InChI is InChI=1S/C27H29F4N5O3S2.ClH/c28-19-12-23(33-14-19)26(37)34-13-16-4-5-21-22(17-2-1-3-18(11-17)25(32)40)15-36(24(21)10-16)20-6-8-35(9-7-20)41(38,39)27(29,30)31;/h1-5,10-11,15,19-20,23,33H,6-9,12-14H2,(H2,32,40)(H,34,37);1H/t19-,23-;/m0./s1. The Morgan fingerprint density at radius 1 is 1.14 bits per heavy atom. The van der Waals surface area contributed by atoms with Crippen molar-refractivity contribution in [2.45, 2.75) is 49.6 Å². The molecule has 2 aliphatic heterocycles. The lowest BCUT2D eigenvalue weighted by Crippen LogP contribution is -2.45. The van der Waals surface area contributed by atoms with Gasteiger partial charge in [-0.25, -0.2) is 12.8 Å². The Labute approximate surface area is 252 Å².